The molecule has 9 rings (SSSR count). The van der Waals surface area contributed by atoms with Crippen LogP contribution in [0.4, 0.5) is 34.1 Å². The van der Waals surface area contributed by atoms with Crippen LogP contribution < -0.4 is 9.80 Å². The number of thiophene rings is 2. The lowest BCUT2D eigenvalue weighted by Gasteiger charge is -2.30. The second-order valence-electron chi connectivity index (χ2n) is 11.6. The number of hydrogen-bond acceptors (Lipinski definition) is 4. The van der Waals surface area contributed by atoms with Gasteiger partial charge in [-0.25, -0.2) is 0 Å². The van der Waals surface area contributed by atoms with E-state index >= 15 is 0 Å². The Morgan fingerprint density at radius 3 is 1.19 bits per heavy atom. The number of anilines is 6. The number of para-hydroxylation sites is 2. The summed E-state index contributed by atoms with van der Waals surface area (Å²) < 4.78 is 6.22. The molecule has 0 radical (unpaired) electrons. The smallest absolute Gasteiger partial charge is 0.0493 e. The molecule has 2 heterocycles. The van der Waals surface area contributed by atoms with Crippen LogP contribution in [0, 0.1) is 0 Å². The fourth-order valence-electron chi connectivity index (χ4n) is 6.57. The molecule has 5 heteroatoms. The van der Waals surface area contributed by atoms with E-state index in [0.29, 0.717) is 0 Å². The lowest BCUT2D eigenvalue weighted by molar-refractivity contribution is 1.25. The highest BCUT2D eigenvalue weighted by molar-refractivity contribution is 9.10. The van der Waals surface area contributed by atoms with Crippen LogP contribution >= 0.6 is 38.6 Å². The van der Waals surface area contributed by atoms with Crippen LogP contribution in [0.2, 0.25) is 0 Å². The Hall–Kier alpha value is -4.94. The third-order valence-electron chi connectivity index (χ3n) is 8.65. The summed E-state index contributed by atoms with van der Waals surface area (Å²) in [6, 6.07) is 59.1. The van der Waals surface area contributed by atoms with Gasteiger partial charge in [0.1, 0.15) is 0 Å². The summed E-state index contributed by atoms with van der Waals surface area (Å²) in [5.74, 6) is 0. The predicted octanol–water partition coefficient (Wildman–Crippen LogP) is 14.1. The maximum atomic E-state index is 3.92. The van der Waals surface area contributed by atoms with Gasteiger partial charge in [-0.15, -0.1) is 22.7 Å². The molecular formula is C42H27BrN2S2. The summed E-state index contributed by atoms with van der Waals surface area (Å²) in [5.41, 5.74) is 6.59. The Morgan fingerprint density at radius 1 is 0.319 bits per heavy atom. The van der Waals surface area contributed by atoms with Crippen molar-refractivity contribution in [3.63, 3.8) is 0 Å². The Bertz CT molecular complexity index is 2380. The van der Waals surface area contributed by atoms with E-state index < -0.39 is 0 Å². The van der Waals surface area contributed by atoms with Crippen LogP contribution in [-0.4, -0.2) is 0 Å². The third-order valence-corrected chi connectivity index (χ3v) is 11.4. The van der Waals surface area contributed by atoms with Gasteiger partial charge in [-0.1, -0.05) is 88.7 Å². The molecule has 0 aliphatic carbocycles. The molecule has 0 unspecified atom stereocenters. The summed E-state index contributed by atoms with van der Waals surface area (Å²) in [6.45, 7) is 0. The molecule has 0 bridgehead atoms. The SMILES string of the molecule is Brc1cc(N(c2ccccc2)c2ccc3sc4ccccc4c3c2)cc(N(c2ccccc2)c2ccc3sc4ccccc4c3c2)c1. The highest BCUT2D eigenvalue weighted by Gasteiger charge is 2.20. The highest BCUT2D eigenvalue weighted by atomic mass is 79.9. The second kappa shape index (κ2) is 11.7. The number of fused-ring (bicyclic) bond motifs is 6. The third kappa shape index (κ3) is 5.08. The molecule has 2 aromatic heterocycles. The first-order valence-corrected chi connectivity index (χ1v) is 18.0. The fraction of sp³-hybridized carbons (Fsp3) is 0. The Balaban J connectivity index is 1.24. The van der Waals surface area contributed by atoms with Crippen LogP contribution in [0.25, 0.3) is 40.3 Å². The Morgan fingerprint density at radius 2 is 0.723 bits per heavy atom. The normalized spacial score (nSPS) is 11.5. The topological polar surface area (TPSA) is 6.48 Å². The first-order chi connectivity index (χ1) is 23.2. The lowest BCUT2D eigenvalue weighted by Crippen LogP contribution is -2.13. The molecule has 0 N–H and O–H groups in total. The first-order valence-electron chi connectivity index (χ1n) is 15.5. The van der Waals surface area contributed by atoms with Crippen molar-refractivity contribution in [2.75, 3.05) is 9.80 Å². The zero-order valence-electron chi connectivity index (χ0n) is 25.2. The van der Waals surface area contributed by atoms with Crippen molar-refractivity contribution in [2.45, 2.75) is 0 Å². The maximum Gasteiger partial charge on any atom is 0.0493 e. The molecule has 0 aliphatic rings. The lowest BCUT2D eigenvalue weighted by atomic mass is 10.1. The minimum Gasteiger partial charge on any atom is -0.310 e. The van der Waals surface area contributed by atoms with Gasteiger partial charge in [-0.3, -0.25) is 0 Å². The van der Waals surface area contributed by atoms with Crippen LogP contribution in [0.1, 0.15) is 0 Å². The zero-order chi connectivity index (χ0) is 31.3. The molecule has 224 valence electrons. The molecule has 0 saturated carbocycles. The molecule has 0 saturated heterocycles. The minimum absolute atomic E-state index is 1.01. The Kier molecular flexibility index (Phi) is 7.04. The standard InChI is InChI=1S/C42H27BrN2S2/c43-28-23-33(44(29-11-3-1-4-12-29)31-19-21-41-37(26-31)35-15-7-9-17-39(35)46-41)25-34(24-28)45(30-13-5-2-6-14-30)32-20-22-42-38(27-32)36-16-8-10-18-40(36)47-42/h1-27H. The average Bonchev–Trinajstić information content (AvgIpc) is 3.67. The summed E-state index contributed by atoms with van der Waals surface area (Å²) in [4.78, 5) is 4.72. The summed E-state index contributed by atoms with van der Waals surface area (Å²) in [7, 11) is 0. The van der Waals surface area contributed by atoms with Crippen molar-refractivity contribution in [1.29, 1.82) is 0 Å². The minimum atomic E-state index is 1.01. The van der Waals surface area contributed by atoms with Gasteiger partial charge in [0.05, 0.1) is 0 Å². The fourth-order valence-corrected chi connectivity index (χ4v) is 9.21. The van der Waals surface area contributed by atoms with Gasteiger partial charge < -0.3 is 9.80 Å². The van der Waals surface area contributed by atoms with Crippen molar-refractivity contribution in [2.24, 2.45) is 0 Å². The van der Waals surface area contributed by atoms with E-state index in [4.69, 9.17) is 0 Å². The second-order valence-corrected chi connectivity index (χ2v) is 14.7. The van der Waals surface area contributed by atoms with Crippen molar-refractivity contribution in [1.82, 2.24) is 0 Å². The van der Waals surface area contributed by atoms with E-state index in [2.05, 4.69) is 190 Å². The van der Waals surface area contributed by atoms with Crippen LogP contribution in [0.15, 0.2) is 168 Å². The largest absolute Gasteiger partial charge is 0.310 e. The van der Waals surface area contributed by atoms with Gasteiger partial charge in [0.15, 0.2) is 0 Å². The Labute approximate surface area is 289 Å². The van der Waals surface area contributed by atoms with Gasteiger partial charge in [0.25, 0.3) is 0 Å². The molecule has 0 spiro atoms. The van der Waals surface area contributed by atoms with Gasteiger partial charge in [-0.05, 0) is 91.0 Å². The van der Waals surface area contributed by atoms with Gasteiger partial charge in [0.2, 0.25) is 0 Å². The van der Waals surface area contributed by atoms with E-state index in [9.17, 15) is 0 Å². The molecular weight excluding hydrogens is 677 g/mol. The molecule has 2 nitrogen and oxygen atoms in total. The quantitative estimate of drug-likeness (QED) is 0.170. The van der Waals surface area contributed by atoms with Crippen molar-refractivity contribution < 1.29 is 0 Å². The molecule has 0 atom stereocenters. The highest BCUT2D eigenvalue weighted by Crippen LogP contribution is 2.45. The number of halogens is 1. The first kappa shape index (κ1) is 28.3. The molecule has 47 heavy (non-hydrogen) atoms. The zero-order valence-corrected chi connectivity index (χ0v) is 28.4. The van der Waals surface area contributed by atoms with Crippen LogP contribution in [-0.2, 0) is 0 Å². The summed E-state index contributed by atoms with van der Waals surface area (Å²) >= 11 is 7.62. The van der Waals surface area contributed by atoms with E-state index in [0.717, 1.165) is 38.6 Å². The molecule has 0 amide bonds. The number of nitrogens with zero attached hydrogens (tertiary/aromatic N) is 2. The van der Waals surface area contributed by atoms with E-state index in [1.54, 1.807) is 0 Å². The van der Waals surface area contributed by atoms with E-state index in [1.165, 1.54) is 40.3 Å². The number of hydrogen-bond donors (Lipinski definition) is 0. The molecule has 0 aliphatic heterocycles. The predicted molar refractivity (Wildman–Crippen MR) is 209 cm³/mol. The van der Waals surface area contributed by atoms with Crippen molar-refractivity contribution in [3.8, 4) is 0 Å². The summed E-state index contributed by atoms with van der Waals surface area (Å²) in [6.07, 6.45) is 0. The van der Waals surface area contributed by atoms with Gasteiger partial charge in [-0.2, -0.15) is 0 Å². The van der Waals surface area contributed by atoms with Gasteiger partial charge >= 0.3 is 0 Å². The maximum absolute atomic E-state index is 3.92. The average molecular weight is 704 g/mol. The van der Waals surface area contributed by atoms with E-state index in [1.807, 2.05) is 22.7 Å². The van der Waals surface area contributed by atoms with E-state index in [-0.39, 0.29) is 0 Å². The van der Waals surface area contributed by atoms with Gasteiger partial charge in [0, 0.05) is 78.9 Å². The van der Waals surface area contributed by atoms with Crippen LogP contribution in [0.3, 0.4) is 0 Å². The monoisotopic (exact) mass is 702 g/mol. The van der Waals surface area contributed by atoms with Crippen molar-refractivity contribution in [3.05, 3.63) is 168 Å². The molecule has 0 fully saturated rings. The summed E-state index contributed by atoms with van der Waals surface area (Å²) in [5, 5.41) is 5.15. The molecule has 9 aromatic rings. The number of benzene rings is 7. The van der Waals surface area contributed by atoms with Crippen LogP contribution in [0.5, 0.6) is 0 Å². The molecule has 7 aromatic carbocycles. The number of rotatable bonds is 6. The van der Waals surface area contributed by atoms with Crippen molar-refractivity contribution >= 4 is 113 Å².